The van der Waals surface area contributed by atoms with E-state index in [1.165, 1.54) is 5.56 Å². The zero-order valence-corrected chi connectivity index (χ0v) is 13.6. The molecule has 0 amide bonds. The number of ether oxygens (including phenoxy) is 1. The van der Waals surface area contributed by atoms with Gasteiger partial charge in [-0.3, -0.25) is 0 Å². The zero-order chi connectivity index (χ0) is 15.2. The number of hydrogen-bond acceptors (Lipinski definition) is 2. The van der Waals surface area contributed by atoms with Gasteiger partial charge in [0.2, 0.25) is 0 Å². The fraction of sp³-hybridized carbons (Fsp3) is 0.333. The molecule has 0 radical (unpaired) electrons. The molecule has 0 spiro atoms. The molecule has 2 rings (SSSR count). The summed E-state index contributed by atoms with van der Waals surface area (Å²) >= 11 is 6.18. The Morgan fingerprint density at radius 3 is 2.57 bits per heavy atom. The van der Waals surface area contributed by atoms with Crippen molar-refractivity contribution < 1.29 is 4.74 Å². The molecule has 2 aromatic rings. The minimum Gasteiger partial charge on any atom is -0.456 e. The minimum absolute atomic E-state index is 0.633. The summed E-state index contributed by atoms with van der Waals surface area (Å²) in [6.07, 6.45) is 1.14. The van der Waals surface area contributed by atoms with E-state index in [-0.39, 0.29) is 0 Å². The molecule has 0 heterocycles. The number of rotatable bonds is 6. The van der Waals surface area contributed by atoms with Crippen LogP contribution >= 0.6 is 11.6 Å². The largest absolute Gasteiger partial charge is 0.456 e. The summed E-state index contributed by atoms with van der Waals surface area (Å²) in [5, 5.41) is 4.04. The second-order valence-corrected chi connectivity index (χ2v) is 5.72. The number of halogens is 1. The van der Waals surface area contributed by atoms with E-state index in [2.05, 4.69) is 31.3 Å². The lowest BCUT2D eigenvalue weighted by Gasteiger charge is -2.12. The molecule has 0 saturated heterocycles. The highest BCUT2D eigenvalue weighted by Gasteiger charge is 2.06. The zero-order valence-electron chi connectivity index (χ0n) is 12.9. The Balaban J connectivity index is 2.12. The highest BCUT2D eigenvalue weighted by molar-refractivity contribution is 6.32. The van der Waals surface area contributed by atoms with E-state index >= 15 is 0 Å². The van der Waals surface area contributed by atoms with Crippen LogP contribution in [0.2, 0.25) is 5.02 Å². The molecule has 0 aliphatic heterocycles. The summed E-state index contributed by atoms with van der Waals surface area (Å²) in [5.41, 5.74) is 3.51. The second kappa shape index (κ2) is 7.48. The van der Waals surface area contributed by atoms with Crippen molar-refractivity contribution in [1.29, 1.82) is 0 Å². The van der Waals surface area contributed by atoms with Crippen molar-refractivity contribution in [2.24, 2.45) is 0 Å². The number of nitrogens with one attached hydrogen (secondary N) is 1. The molecule has 3 heteroatoms. The van der Waals surface area contributed by atoms with Gasteiger partial charge in [0, 0.05) is 6.54 Å². The third-order valence-corrected chi connectivity index (χ3v) is 3.61. The first kappa shape index (κ1) is 15.9. The van der Waals surface area contributed by atoms with E-state index in [1.807, 2.05) is 31.2 Å². The van der Waals surface area contributed by atoms with Crippen LogP contribution in [0.25, 0.3) is 0 Å². The maximum Gasteiger partial charge on any atom is 0.146 e. The molecular formula is C18H22ClNO. The van der Waals surface area contributed by atoms with E-state index in [1.54, 1.807) is 0 Å². The van der Waals surface area contributed by atoms with Crippen LogP contribution < -0.4 is 10.1 Å². The van der Waals surface area contributed by atoms with Gasteiger partial charge in [-0.15, -0.1) is 0 Å². The third-order valence-electron chi connectivity index (χ3n) is 3.30. The van der Waals surface area contributed by atoms with Gasteiger partial charge in [-0.05, 0) is 61.7 Å². The average molecular weight is 304 g/mol. The summed E-state index contributed by atoms with van der Waals surface area (Å²) in [6, 6.07) is 12.1. The number of hydrogen-bond donors (Lipinski definition) is 1. The van der Waals surface area contributed by atoms with Crippen LogP contribution in [-0.2, 0) is 6.54 Å². The van der Waals surface area contributed by atoms with Gasteiger partial charge in [-0.1, -0.05) is 36.7 Å². The topological polar surface area (TPSA) is 21.3 Å². The Kier molecular flexibility index (Phi) is 5.66. The third kappa shape index (κ3) is 4.48. The summed E-state index contributed by atoms with van der Waals surface area (Å²) in [7, 11) is 0. The standard InChI is InChI=1S/C18H22ClNO/c1-4-9-20-12-15-6-8-17(14(3)11-15)21-18-10-13(2)5-7-16(18)19/h5-8,10-11,20H,4,9,12H2,1-3H3. The first-order valence-corrected chi connectivity index (χ1v) is 7.72. The fourth-order valence-corrected chi connectivity index (χ4v) is 2.31. The Morgan fingerprint density at radius 1 is 1.05 bits per heavy atom. The lowest BCUT2D eigenvalue weighted by molar-refractivity contribution is 0.478. The maximum atomic E-state index is 6.18. The molecule has 0 bridgehead atoms. The van der Waals surface area contributed by atoms with Crippen LogP contribution in [0.15, 0.2) is 36.4 Å². The molecule has 0 saturated carbocycles. The van der Waals surface area contributed by atoms with E-state index in [0.29, 0.717) is 10.8 Å². The van der Waals surface area contributed by atoms with E-state index in [4.69, 9.17) is 16.3 Å². The van der Waals surface area contributed by atoms with Crippen molar-refractivity contribution in [1.82, 2.24) is 5.32 Å². The summed E-state index contributed by atoms with van der Waals surface area (Å²) in [5.74, 6) is 1.55. The van der Waals surface area contributed by atoms with Gasteiger partial charge in [0.15, 0.2) is 0 Å². The molecule has 0 aromatic heterocycles. The summed E-state index contributed by atoms with van der Waals surface area (Å²) < 4.78 is 5.95. The molecule has 0 unspecified atom stereocenters. The monoisotopic (exact) mass is 303 g/mol. The quantitative estimate of drug-likeness (QED) is 0.736. The maximum absolute atomic E-state index is 6.18. The molecule has 112 valence electrons. The van der Waals surface area contributed by atoms with Gasteiger partial charge < -0.3 is 10.1 Å². The number of benzene rings is 2. The SMILES string of the molecule is CCCNCc1ccc(Oc2cc(C)ccc2Cl)c(C)c1. The Labute approximate surface area is 132 Å². The van der Waals surface area contributed by atoms with Gasteiger partial charge in [-0.2, -0.15) is 0 Å². The van der Waals surface area contributed by atoms with Crippen molar-refractivity contribution in [2.75, 3.05) is 6.54 Å². The van der Waals surface area contributed by atoms with Crippen molar-refractivity contribution in [3.8, 4) is 11.5 Å². The molecule has 0 atom stereocenters. The molecule has 0 aliphatic rings. The van der Waals surface area contributed by atoms with Crippen LogP contribution in [0, 0.1) is 13.8 Å². The first-order chi connectivity index (χ1) is 10.1. The smallest absolute Gasteiger partial charge is 0.146 e. The number of aryl methyl sites for hydroxylation is 2. The van der Waals surface area contributed by atoms with E-state index in [0.717, 1.165) is 36.4 Å². The second-order valence-electron chi connectivity index (χ2n) is 5.31. The van der Waals surface area contributed by atoms with Crippen LogP contribution in [0.5, 0.6) is 11.5 Å². The molecular weight excluding hydrogens is 282 g/mol. The Hall–Kier alpha value is -1.51. The van der Waals surface area contributed by atoms with Crippen molar-refractivity contribution in [2.45, 2.75) is 33.7 Å². The molecule has 21 heavy (non-hydrogen) atoms. The summed E-state index contributed by atoms with van der Waals surface area (Å²) in [6.45, 7) is 8.18. The minimum atomic E-state index is 0.633. The van der Waals surface area contributed by atoms with Crippen LogP contribution in [0.1, 0.15) is 30.0 Å². The van der Waals surface area contributed by atoms with Gasteiger partial charge in [0.05, 0.1) is 5.02 Å². The first-order valence-electron chi connectivity index (χ1n) is 7.34. The fourth-order valence-electron chi connectivity index (χ4n) is 2.15. The normalized spacial score (nSPS) is 10.7. The van der Waals surface area contributed by atoms with Crippen LogP contribution in [0.4, 0.5) is 0 Å². The predicted molar refractivity (Wildman–Crippen MR) is 89.4 cm³/mol. The van der Waals surface area contributed by atoms with E-state index < -0.39 is 0 Å². The molecule has 1 N–H and O–H groups in total. The van der Waals surface area contributed by atoms with Gasteiger partial charge in [0.25, 0.3) is 0 Å². The summed E-state index contributed by atoms with van der Waals surface area (Å²) in [4.78, 5) is 0. The predicted octanol–water partition coefficient (Wildman–Crippen LogP) is 5.25. The van der Waals surface area contributed by atoms with Crippen molar-refractivity contribution >= 4 is 11.6 Å². The van der Waals surface area contributed by atoms with Gasteiger partial charge in [-0.25, -0.2) is 0 Å². The molecule has 2 aromatic carbocycles. The van der Waals surface area contributed by atoms with Crippen LogP contribution in [0.3, 0.4) is 0 Å². The average Bonchev–Trinajstić information content (AvgIpc) is 2.46. The van der Waals surface area contributed by atoms with E-state index in [9.17, 15) is 0 Å². The van der Waals surface area contributed by atoms with Crippen molar-refractivity contribution in [3.63, 3.8) is 0 Å². The lowest BCUT2D eigenvalue weighted by atomic mass is 10.1. The van der Waals surface area contributed by atoms with Crippen LogP contribution in [-0.4, -0.2) is 6.54 Å². The Bertz CT molecular complexity index is 610. The highest BCUT2D eigenvalue weighted by Crippen LogP contribution is 2.32. The van der Waals surface area contributed by atoms with Gasteiger partial charge >= 0.3 is 0 Å². The molecule has 0 aliphatic carbocycles. The molecule has 0 fully saturated rings. The lowest BCUT2D eigenvalue weighted by Crippen LogP contribution is -2.13. The Morgan fingerprint density at radius 2 is 1.86 bits per heavy atom. The van der Waals surface area contributed by atoms with Gasteiger partial charge in [0.1, 0.15) is 11.5 Å². The molecule has 2 nitrogen and oxygen atoms in total. The van der Waals surface area contributed by atoms with Crippen molar-refractivity contribution in [3.05, 3.63) is 58.1 Å². The highest BCUT2D eigenvalue weighted by atomic mass is 35.5.